The highest BCUT2D eigenvalue weighted by Crippen LogP contribution is 2.22. The molecule has 0 saturated heterocycles. The lowest BCUT2D eigenvalue weighted by Crippen LogP contribution is -2.24. The van der Waals surface area contributed by atoms with Gasteiger partial charge in [-0.3, -0.25) is 9.36 Å². The average molecular weight is 451 g/mol. The summed E-state index contributed by atoms with van der Waals surface area (Å²) in [6.07, 6.45) is 1.57. The summed E-state index contributed by atoms with van der Waals surface area (Å²) in [4.78, 5) is 29.8. The summed E-state index contributed by atoms with van der Waals surface area (Å²) in [5.74, 6) is 1.59. The average Bonchev–Trinajstić information content (AvgIpc) is 3.32. The molecule has 7 nitrogen and oxygen atoms in total. The minimum Gasteiger partial charge on any atom is -0.492 e. The van der Waals surface area contributed by atoms with Gasteiger partial charge in [-0.2, -0.15) is 0 Å². The number of nitrogens with zero attached hydrogens (tertiary/aromatic N) is 2. The molecule has 0 aliphatic rings. The van der Waals surface area contributed by atoms with Crippen molar-refractivity contribution in [2.45, 2.75) is 18.6 Å². The van der Waals surface area contributed by atoms with E-state index in [1.54, 1.807) is 35.1 Å². The first kappa shape index (κ1) is 21.7. The van der Waals surface area contributed by atoms with Crippen LogP contribution < -0.4 is 10.3 Å². The lowest BCUT2D eigenvalue weighted by molar-refractivity contribution is 0.0601. The van der Waals surface area contributed by atoms with Gasteiger partial charge in [-0.1, -0.05) is 30.0 Å². The molecule has 2 aromatic carbocycles. The van der Waals surface area contributed by atoms with Crippen LogP contribution in [0.4, 0.5) is 0 Å². The molecule has 8 heteroatoms. The molecule has 0 amide bonds. The summed E-state index contributed by atoms with van der Waals surface area (Å²) in [6, 6.07) is 16.2. The number of methoxy groups -OCH3 is 1. The Morgan fingerprint density at radius 3 is 2.75 bits per heavy atom. The number of hydrogen-bond donors (Lipinski definition) is 0. The summed E-state index contributed by atoms with van der Waals surface area (Å²) in [5.41, 5.74) is 1.64. The molecule has 4 aromatic rings. The number of fused-ring (bicyclic) bond motifs is 1. The minimum atomic E-state index is -0.478. The lowest BCUT2D eigenvalue weighted by Gasteiger charge is -2.13. The maximum atomic E-state index is 13.2. The number of ether oxygens (including phenoxy) is 2. The van der Waals surface area contributed by atoms with Crippen LogP contribution in [-0.4, -0.2) is 35.0 Å². The van der Waals surface area contributed by atoms with Crippen LogP contribution in [0, 0.1) is 6.92 Å². The van der Waals surface area contributed by atoms with Crippen LogP contribution in [0.2, 0.25) is 0 Å². The van der Waals surface area contributed by atoms with E-state index < -0.39 is 5.97 Å². The van der Waals surface area contributed by atoms with Gasteiger partial charge in [-0.25, -0.2) is 9.78 Å². The Morgan fingerprint density at radius 2 is 2.00 bits per heavy atom. The van der Waals surface area contributed by atoms with Crippen molar-refractivity contribution in [2.24, 2.45) is 0 Å². The first-order chi connectivity index (χ1) is 15.6. The zero-order valence-electron chi connectivity index (χ0n) is 17.7. The Labute approximate surface area is 189 Å². The molecular formula is C24H22N2O5S. The van der Waals surface area contributed by atoms with E-state index in [0.29, 0.717) is 39.7 Å². The highest BCUT2D eigenvalue weighted by atomic mass is 32.2. The maximum Gasteiger partial charge on any atom is 0.337 e. The third-order valence-corrected chi connectivity index (χ3v) is 5.84. The number of rotatable bonds is 8. The number of hydrogen-bond acceptors (Lipinski definition) is 7. The van der Waals surface area contributed by atoms with E-state index in [9.17, 15) is 9.59 Å². The molecule has 0 radical (unpaired) electrons. The third kappa shape index (κ3) is 4.70. The number of carbonyl (C=O) groups is 1. The van der Waals surface area contributed by atoms with Gasteiger partial charge in [0.15, 0.2) is 5.16 Å². The summed E-state index contributed by atoms with van der Waals surface area (Å²) in [7, 11) is 1.32. The SMILES string of the molecule is COC(=O)c1ccc2c(=O)n(Cc3ccco3)c(SCCOc3ccccc3C)nc2c1. The molecule has 0 spiro atoms. The van der Waals surface area contributed by atoms with E-state index in [1.807, 2.05) is 37.3 Å². The van der Waals surface area contributed by atoms with Crippen LogP contribution in [0.3, 0.4) is 0 Å². The van der Waals surface area contributed by atoms with Gasteiger partial charge >= 0.3 is 5.97 Å². The topological polar surface area (TPSA) is 83.6 Å². The smallest absolute Gasteiger partial charge is 0.337 e. The summed E-state index contributed by atoms with van der Waals surface area (Å²) in [6.45, 7) is 2.70. The zero-order chi connectivity index (χ0) is 22.5. The highest BCUT2D eigenvalue weighted by Gasteiger charge is 2.15. The first-order valence-electron chi connectivity index (χ1n) is 10.0. The van der Waals surface area contributed by atoms with Gasteiger partial charge in [0.05, 0.1) is 43.0 Å². The molecule has 0 fully saturated rings. The van der Waals surface area contributed by atoms with Gasteiger partial charge < -0.3 is 13.9 Å². The van der Waals surface area contributed by atoms with Crippen molar-refractivity contribution < 1.29 is 18.7 Å². The molecule has 0 aliphatic carbocycles. The molecule has 0 unspecified atom stereocenters. The predicted octanol–water partition coefficient (Wildman–Crippen LogP) is 4.30. The van der Waals surface area contributed by atoms with Gasteiger partial charge in [-0.05, 0) is 48.9 Å². The van der Waals surface area contributed by atoms with Crippen molar-refractivity contribution >= 4 is 28.6 Å². The van der Waals surface area contributed by atoms with Crippen molar-refractivity contribution in [3.8, 4) is 5.75 Å². The molecule has 0 bridgehead atoms. The van der Waals surface area contributed by atoms with E-state index >= 15 is 0 Å². The van der Waals surface area contributed by atoms with Crippen LogP contribution in [0.15, 0.2) is 75.2 Å². The molecule has 0 N–H and O–H groups in total. The van der Waals surface area contributed by atoms with Crippen molar-refractivity contribution in [2.75, 3.05) is 19.5 Å². The van der Waals surface area contributed by atoms with E-state index in [4.69, 9.17) is 13.9 Å². The van der Waals surface area contributed by atoms with E-state index in [0.717, 1.165) is 11.3 Å². The molecule has 0 atom stereocenters. The Morgan fingerprint density at radius 1 is 1.16 bits per heavy atom. The second kappa shape index (κ2) is 9.74. The second-order valence-corrected chi connectivity index (χ2v) is 8.11. The first-order valence-corrected chi connectivity index (χ1v) is 11.0. The predicted molar refractivity (Wildman–Crippen MR) is 123 cm³/mol. The fourth-order valence-corrected chi connectivity index (χ4v) is 4.07. The Hall–Kier alpha value is -3.52. The van der Waals surface area contributed by atoms with E-state index in [2.05, 4.69) is 4.98 Å². The molecular weight excluding hydrogens is 428 g/mol. The van der Waals surface area contributed by atoms with Crippen molar-refractivity contribution in [1.29, 1.82) is 0 Å². The number of aryl methyl sites for hydroxylation is 1. The van der Waals surface area contributed by atoms with Crippen LogP contribution in [0.25, 0.3) is 10.9 Å². The van der Waals surface area contributed by atoms with Gasteiger partial charge in [0.1, 0.15) is 11.5 Å². The van der Waals surface area contributed by atoms with E-state index in [-0.39, 0.29) is 12.1 Å². The van der Waals surface area contributed by atoms with Crippen LogP contribution in [0.5, 0.6) is 5.75 Å². The number of esters is 1. The van der Waals surface area contributed by atoms with Crippen LogP contribution in [0.1, 0.15) is 21.7 Å². The summed E-state index contributed by atoms with van der Waals surface area (Å²) < 4.78 is 17.7. The Kier molecular flexibility index (Phi) is 6.61. The number of furan rings is 1. The van der Waals surface area contributed by atoms with Gasteiger partial charge in [0, 0.05) is 5.75 Å². The number of aromatic nitrogens is 2. The highest BCUT2D eigenvalue weighted by molar-refractivity contribution is 7.99. The normalized spacial score (nSPS) is 10.9. The minimum absolute atomic E-state index is 0.204. The fraction of sp³-hybridized carbons (Fsp3) is 0.208. The number of thioether (sulfide) groups is 1. The molecule has 2 heterocycles. The number of para-hydroxylation sites is 1. The maximum absolute atomic E-state index is 13.2. The molecule has 0 aliphatic heterocycles. The number of carbonyl (C=O) groups excluding carboxylic acids is 1. The molecule has 164 valence electrons. The monoisotopic (exact) mass is 450 g/mol. The molecule has 0 saturated carbocycles. The Bertz CT molecular complexity index is 1300. The quantitative estimate of drug-likeness (QED) is 0.171. The van der Waals surface area contributed by atoms with Crippen molar-refractivity contribution in [3.05, 3.63) is 88.1 Å². The zero-order valence-corrected chi connectivity index (χ0v) is 18.6. The number of benzene rings is 2. The summed E-state index contributed by atoms with van der Waals surface area (Å²) >= 11 is 1.41. The van der Waals surface area contributed by atoms with Crippen molar-refractivity contribution in [3.63, 3.8) is 0 Å². The van der Waals surface area contributed by atoms with Gasteiger partial charge in [0.25, 0.3) is 5.56 Å². The van der Waals surface area contributed by atoms with Crippen LogP contribution >= 0.6 is 11.8 Å². The van der Waals surface area contributed by atoms with E-state index in [1.165, 1.54) is 18.9 Å². The molecule has 2 aromatic heterocycles. The third-order valence-electron chi connectivity index (χ3n) is 4.90. The fourth-order valence-electron chi connectivity index (χ4n) is 3.26. The lowest BCUT2D eigenvalue weighted by atomic mass is 10.1. The Balaban J connectivity index is 1.63. The van der Waals surface area contributed by atoms with Crippen LogP contribution in [-0.2, 0) is 11.3 Å². The van der Waals surface area contributed by atoms with Gasteiger partial charge in [0.2, 0.25) is 0 Å². The summed E-state index contributed by atoms with van der Waals surface area (Å²) in [5, 5.41) is 0.944. The molecule has 32 heavy (non-hydrogen) atoms. The molecule has 4 rings (SSSR count). The van der Waals surface area contributed by atoms with Gasteiger partial charge in [-0.15, -0.1) is 0 Å². The standard InChI is InChI=1S/C24H22N2O5S/c1-16-6-3-4-8-21(16)31-12-13-32-24-25-20-14-17(23(28)29-2)9-10-19(20)22(27)26(24)15-18-7-5-11-30-18/h3-11,14H,12-13,15H2,1-2H3. The van der Waals surface area contributed by atoms with Crippen molar-refractivity contribution in [1.82, 2.24) is 9.55 Å². The largest absolute Gasteiger partial charge is 0.492 e. The second-order valence-electron chi connectivity index (χ2n) is 7.05.